The molecule has 13 heavy (non-hydrogen) atoms. The van der Waals surface area contributed by atoms with E-state index in [1.54, 1.807) is 6.92 Å². The van der Waals surface area contributed by atoms with Crippen molar-refractivity contribution in [2.45, 2.75) is 32.7 Å². The maximum absolute atomic E-state index is 11.6. The third kappa shape index (κ3) is 1.76. The summed E-state index contributed by atoms with van der Waals surface area (Å²) in [6.45, 7) is 6.81. The monoisotopic (exact) mass is 185 g/mol. The summed E-state index contributed by atoms with van der Waals surface area (Å²) in [5.41, 5.74) is 0. The van der Waals surface area contributed by atoms with E-state index in [1.165, 1.54) is 12.8 Å². The molecule has 2 atom stereocenters. The zero-order valence-corrected chi connectivity index (χ0v) is 8.97. The van der Waals surface area contributed by atoms with E-state index in [0.717, 1.165) is 19.6 Å². The molecule has 1 aliphatic rings. The average molecular weight is 185 g/mol. The van der Waals surface area contributed by atoms with Crippen LogP contribution in [0.25, 0.3) is 0 Å². The van der Waals surface area contributed by atoms with Crippen LogP contribution in [-0.2, 0) is 4.79 Å². The van der Waals surface area contributed by atoms with E-state index >= 15 is 0 Å². The van der Waals surface area contributed by atoms with Gasteiger partial charge in [-0.25, -0.2) is 4.79 Å². The highest BCUT2D eigenvalue weighted by Gasteiger charge is 2.43. The highest BCUT2D eigenvalue weighted by molar-refractivity contribution is 5.66. The Morgan fingerprint density at radius 2 is 2.31 bits per heavy atom. The number of nitrogens with one attached hydrogen (secondary N) is 1. The average Bonchev–Trinajstić information content (AvgIpc) is 2.49. The second-order valence-corrected chi connectivity index (χ2v) is 3.95. The van der Waals surface area contributed by atoms with Crippen molar-refractivity contribution in [2.75, 3.05) is 26.7 Å². The van der Waals surface area contributed by atoms with E-state index in [9.17, 15) is 4.79 Å². The van der Waals surface area contributed by atoms with Crippen LogP contribution in [0.3, 0.4) is 0 Å². The fraction of sp³-hybridized carbons (Fsp3) is 0.900. The van der Waals surface area contributed by atoms with Crippen LogP contribution in [0, 0.1) is 0 Å². The number of rotatable bonds is 3. The van der Waals surface area contributed by atoms with Crippen LogP contribution in [0.4, 0.5) is 0 Å². The minimum absolute atomic E-state index is 0.334. The van der Waals surface area contributed by atoms with Crippen molar-refractivity contribution in [1.82, 2.24) is 5.32 Å². The molecule has 0 spiro atoms. The van der Waals surface area contributed by atoms with Gasteiger partial charge >= 0.3 is 5.91 Å². The molecule has 3 nitrogen and oxygen atoms in total. The van der Waals surface area contributed by atoms with Gasteiger partial charge in [-0.15, -0.1) is 0 Å². The van der Waals surface area contributed by atoms with Gasteiger partial charge in [0.05, 0.1) is 20.0 Å². The fourth-order valence-corrected chi connectivity index (χ4v) is 2.60. The van der Waals surface area contributed by atoms with Crippen LogP contribution < -0.4 is 5.32 Å². The van der Waals surface area contributed by atoms with Gasteiger partial charge in [-0.1, -0.05) is 0 Å². The molecule has 1 aliphatic heterocycles. The molecular weight excluding hydrogens is 164 g/mol. The zero-order chi connectivity index (χ0) is 9.90. The lowest BCUT2D eigenvalue weighted by molar-refractivity contribution is -0.862. The van der Waals surface area contributed by atoms with Crippen molar-refractivity contribution in [1.29, 1.82) is 0 Å². The smallest absolute Gasteiger partial charge is 0.310 e. The number of carbonyl (C=O) groups is 1. The highest BCUT2D eigenvalue weighted by Crippen LogP contribution is 2.26. The second kappa shape index (κ2) is 4.20. The molecule has 1 fully saturated rings. The number of likely N-dealkylation sites (N-methyl/N-ethyl adjacent to an activating group) is 2. The van der Waals surface area contributed by atoms with Crippen molar-refractivity contribution in [2.24, 2.45) is 0 Å². The summed E-state index contributed by atoms with van der Waals surface area (Å²) < 4.78 is 0.695. The number of hydrogen-bond donors (Lipinski definition) is 1. The normalized spacial score (nSPS) is 33.6. The number of carbonyl (C=O) groups excluding carboxylic acids is 1. The van der Waals surface area contributed by atoms with Crippen molar-refractivity contribution in [3.8, 4) is 0 Å². The van der Waals surface area contributed by atoms with Gasteiger partial charge in [0.15, 0.2) is 0 Å². The molecule has 0 aromatic rings. The van der Waals surface area contributed by atoms with E-state index in [0.29, 0.717) is 16.4 Å². The molecule has 0 saturated carbocycles. The van der Waals surface area contributed by atoms with Gasteiger partial charge in [0.25, 0.3) is 0 Å². The van der Waals surface area contributed by atoms with Crippen LogP contribution in [0.2, 0.25) is 0 Å². The Kier molecular flexibility index (Phi) is 3.45. The molecule has 1 rings (SSSR count). The molecule has 1 heterocycles. The molecule has 1 N–H and O–H groups in total. The predicted octanol–water partition coefficient (Wildman–Crippen LogP) is 0.751. The second-order valence-electron chi connectivity index (χ2n) is 3.95. The van der Waals surface area contributed by atoms with E-state index in [-0.39, 0.29) is 0 Å². The van der Waals surface area contributed by atoms with Crippen molar-refractivity contribution < 1.29 is 9.28 Å². The summed E-state index contributed by atoms with van der Waals surface area (Å²) in [6, 6.07) is 0.507. The third-order valence-corrected chi connectivity index (χ3v) is 3.42. The Labute approximate surface area is 80.7 Å². The van der Waals surface area contributed by atoms with E-state index in [2.05, 4.69) is 12.2 Å². The van der Waals surface area contributed by atoms with Gasteiger partial charge in [-0.3, -0.25) is 4.48 Å². The first-order valence-corrected chi connectivity index (χ1v) is 5.20. The van der Waals surface area contributed by atoms with Crippen molar-refractivity contribution in [3.63, 3.8) is 0 Å². The topological polar surface area (TPSA) is 29.1 Å². The number of amides is 1. The van der Waals surface area contributed by atoms with Gasteiger partial charge in [0, 0.05) is 19.4 Å². The van der Waals surface area contributed by atoms with Crippen molar-refractivity contribution >= 4 is 5.91 Å². The quantitative estimate of drug-likeness (QED) is 0.657. The summed E-state index contributed by atoms with van der Waals surface area (Å²) in [4.78, 5) is 11.6. The maximum Gasteiger partial charge on any atom is 0.310 e. The van der Waals surface area contributed by atoms with E-state index < -0.39 is 0 Å². The SMILES string of the molecule is CC[N+]1(C(C)=O)CCCC1CNC. The maximum atomic E-state index is 11.6. The summed E-state index contributed by atoms with van der Waals surface area (Å²) in [5.74, 6) is 0.334. The molecule has 76 valence electrons. The third-order valence-electron chi connectivity index (χ3n) is 3.42. The Morgan fingerprint density at radius 1 is 1.62 bits per heavy atom. The van der Waals surface area contributed by atoms with Crippen LogP contribution in [-0.4, -0.2) is 43.1 Å². The predicted molar refractivity (Wildman–Crippen MR) is 53.3 cm³/mol. The van der Waals surface area contributed by atoms with E-state index in [1.807, 2.05) is 7.05 Å². The molecule has 0 bridgehead atoms. The van der Waals surface area contributed by atoms with Crippen LogP contribution in [0.15, 0.2) is 0 Å². The molecular formula is C10H21N2O+. The molecule has 1 amide bonds. The fourth-order valence-electron chi connectivity index (χ4n) is 2.60. The van der Waals surface area contributed by atoms with Gasteiger partial charge < -0.3 is 5.32 Å². The van der Waals surface area contributed by atoms with Crippen molar-refractivity contribution in [3.05, 3.63) is 0 Å². The minimum atomic E-state index is 0.334. The Morgan fingerprint density at radius 3 is 2.77 bits per heavy atom. The number of likely N-dealkylation sites (tertiary alicyclic amines) is 1. The lowest BCUT2D eigenvalue weighted by Gasteiger charge is -2.35. The first-order chi connectivity index (χ1) is 6.17. The molecule has 0 aromatic heterocycles. The molecule has 2 unspecified atom stereocenters. The van der Waals surface area contributed by atoms with Crippen LogP contribution in [0.1, 0.15) is 26.7 Å². The molecule has 1 saturated heterocycles. The molecule has 0 aromatic carbocycles. The number of quaternary nitrogens is 1. The number of hydrogen-bond acceptors (Lipinski definition) is 2. The minimum Gasteiger partial charge on any atom is -0.314 e. The largest absolute Gasteiger partial charge is 0.314 e. The van der Waals surface area contributed by atoms with Gasteiger partial charge in [-0.05, 0) is 14.0 Å². The van der Waals surface area contributed by atoms with Gasteiger partial charge in [0.1, 0.15) is 6.04 Å². The standard InChI is InChI=1S/C10H21N2O/c1-4-12(9(2)13)7-5-6-10(12)8-11-3/h10-11H,4-8H2,1-3H3/q+1. The molecule has 0 aliphatic carbocycles. The molecule has 3 heteroatoms. The van der Waals surface area contributed by atoms with Gasteiger partial charge in [0.2, 0.25) is 0 Å². The summed E-state index contributed by atoms with van der Waals surface area (Å²) >= 11 is 0. The summed E-state index contributed by atoms with van der Waals surface area (Å²) in [6.07, 6.45) is 2.38. The Hall–Kier alpha value is -0.410. The number of nitrogens with zero attached hydrogens (tertiary/aromatic N) is 1. The first-order valence-electron chi connectivity index (χ1n) is 5.20. The summed E-state index contributed by atoms with van der Waals surface area (Å²) in [7, 11) is 1.96. The van der Waals surface area contributed by atoms with Crippen LogP contribution in [0.5, 0.6) is 0 Å². The lowest BCUT2D eigenvalue weighted by Crippen LogP contribution is -2.57. The van der Waals surface area contributed by atoms with Gasteiger partial charge in [-0.2, -0.15) is 0 Å². The Balaban J connectivity index is 2.77. The Bertz CT molecular complexity index is 193. The molecule has 0 radical (unpaired) electrons. The van der Waals surface area contributed by atoms with Crippen LogP contribution >= 0.6 is 0 Å². The zero-order valence-electron chi connectivity index (χ0n) is 8.97. The summed E-state index contributed by atoms with van der Waals surface area (Å²) in [5, 5.41) is 3.19. The highest BCUT2D eigenvalue weighted by atomic mass is 16.2. The van der Waals surface area contributed by atoms with E-state index in [4.69, 9.17) is 0 Å². The first kappa shape index (κ1) is 10.7. The lowest BCUT2D eigenvalue weighted by atomic mass is 10.2.